The predicted octanol–water partition coefficient (Wildman–Crippen LogP) is 4.18. The molecule has 0 unspecified atom stereocenters. The van der Waals surface area contributed by atoms with Gasteiger partial charge in [0.2, 0.25) is 5.91 Å². The van der Waals surface area contributed by atoms with E-state index in [4.69, 9.17) is 0 Å². The second-order valence-electron chi connectivity index (χ2n) is 4.54. The Hall–Kier alpha value is -1.66. The topological polar surface area (TPSA) is 55.4 Å². The van der Waals surface area contributed by atoms with Gasteiger partial charge in [-0.25, -0.2) is 4.79 Å². The molecule has 0 bridgehead atoms. The van der Waals surface area contributed by atoms with Crippen LogP contribution in [-0.2, 0) is 16.0 Å². The van der Waals surface area contributed by atoms with Crippen molar-refractivity contribution in [2.24, 2.45) is 0 Å². The van der Waals surface area contributed by atoms with Gasteiger partial charge in [-0.3, -0.25) is 4.79 Å². The van der Waals surface area contributed by atoms with E-state index in [0.29, 0.717) is 15.7 Å². The number of nitrogens with one attached hydrogen (secondary N) is 1. The number of ether oxygens (including phenoxy) is 1. The van der Waals surface area contributed by atoms with E-state index in [0.717, 1.165) is 10.0 Å². The number of anilines is 1. The number of carbonyl (C=O) groups excluding carboxylic acids is 2. The fraction of sp³-hybridized carbons (Fsp3) is 0.125. The van der Waals surface area contributed by atoms with E-state index in [-0.39, 0.29) is 12.3 Å². The molecule has 1 amide bonds. The molecule has 1 N–H and O–H groups in total. The van der Waals surface area contributed by atoms with Gasteiger partial charge in [0, 0.05) is 8.95 Å². The van der Waals surface area contributed by atoms with Gasteiger partial charge in [0.15, 0.2) is 0 Å². The Morgan fingerprint density at radius 3 is 2.36 bits per heavy atom. The van der Waals surface area contributed by atoms with Crippen LogP contribution in [0.5, 0.6) is 0 Å². The molecule has 0 aliphatic heterocycles. The Morgan fingerprint density at radius 1 is 1.09 bits per heavy atom. The number of benzene rings is 2. The Kier molecular flexibility index (Phi) is 5.74. The van der Waals surface area contributed by atoms with Crippen LogP contribution in [-0.4, -0.2) is 19.0 Å². The molecule has 4 nitrogen and oxygen atoms in total. The highest BCUT2D eigenvalue weighted by atomic mass is 79.9. The first-order chi connectivity index (χ1) is 10.5. The highest BCUT2D eigenvalue weighted by molar-refractivity contribution is 9.10. The van der Waals surface area contributed by atoms with E-state index < -0.39 is 5.97 Å². The van der Waals surface area contributed by atoms with Gasteiger partial charge in [0.05, 0.1) is 24.8 Å². The molecule has 0 aromatic heterocycles. The molecule has 0 radical (unpaired) electrons. The Bertz CT molecular complexity index is 699. The highest BCUT2D eigenvalue weighted by Gasteiger charge is 2.11. The van der Waals surface area contributed by atoms with Crippen molar-refractivity contribution in [3.05, 3.63) is 62.5 Å². The summed E-state index contributed by atoms with van der Waals surface area (Å²) in [5, 5.41) is 2.81. The standard InChI is InChI=1S/C16H13Br2NO3/c1-22-16(21)11-4-7-14(13(18)9-11)19-15(20)8-10-2-5-12(17)6-3-10/h2-7,9H,8H2,1H3,(H,19,20). The molecule has 0 saturated heterocycles. The smallest absolute Gasteiger partial charge is 0.337 e. The second-order valence-corrected chi connectivity index (χ2v) is 6.31. The molecule has 2 rings (SSSR count). The van der Waals surface area contributed by atoms with Crippen LogP contribution in [0.15, 0.2) is 51.4 Å². The van der Waals surface area contributed by atoms with Crippen molar-refractivity contribution in [3.63, 3.8) is 0 Å². The van der Waals surface area contributed by atoms with Crippen molar-refractivity contribution in [3.8, 4) is 0 Å². The van der Waals surface area contributed by atoms with Gasteiger partial charge in [0.25, 0.3) is 0 Å². The van der Waals surface area contributed by atoms with E-state index in [9.17, 15) is 9.59 Å². The largest absolute Gasteiger partial charge is 0.465 e. The minimum Gasteiger partial charge on any atom is -0.465 e. The lowest BCUT2D eigenvalue weighted by molar-refractivity contribution is -0.115. The van der Waals surface area contributed by atoms with E-state index >= 15 is 0 Å². The average molecular weight is 427 g/mol. The molecule has 2 aromatic rings. The van der Waals surface area contributed by atoms with Crippen LogP contribution >= 0.6 is 31.9 Å². The van der Waals surface area contributed by atoms with Crippen LogP contribution in [0.2, 0.25) is 0 Å². The van der Waals surface area contributed by atoms with E-state index in [1.807, 2.05) is 24.3 Å². The molecule has 0 saturated carbocycles. The Labute approximate surface area is 145 Å². The maximum Gasteiger partial charge on any atom is 0.337 e. The van der Waals surface area contributed by atoms with Crippen molar-refractivity contribution < 1.29 is 14.3 Å². The first kappa shape index (κ1) is 16.7. The lowest BCUT2D eigenvalue weighted by Gasteiger charge is -2.09. The maximum atomic E-state index is 12.1. The third-order valence-electron chi connectivity index (χ3n) is 2.94. The summed E-state index contributed by atoms with van der Waals surface area (Å²) in [6.07, 6.45) is 0.276. The van der Waals surface area contributed by atoms with E-state index in [1.165, 1.54) is 7.11 Å². The summed E-state index contributed by atoms with van der Waals surface area (Å²) in [6, 6.07) is 12.4. The number of methoxy groups -OCH3 is 1. The zero-order chi connectivity index (χ0) is 16.1. The van der Waals surface area contributed by atoms with Crippen LogP contribution in [0.4, 0.5) is 5.69 Å². The summed E-state index contributed by atoms with van der Waals surface area (Å²) >= 11 is 6.69. The lowest BCUT2D eigenvalue weighted by Crippen LogP contribution is -2.15. The van der Waals surface area contributed by atoms with Crippen LogP contribution in [0, 0.1) is 0 Å². The Balaban J connectivity index is 2.05. The third-order valence-corrected chi connectivity index (χ3v) is 4.13. The van der Waals surface area contributed by atoms with Gasteiger partial charge in [-0.15, -0.1) is 0 Å². The number of halogens is 2. The monoisotopic (exact) mass is 425 g/mol. The fourth-order valence-corrected chi connectivity index (χ4v) is 2.59. The Morgan fingerprint density at radius 2 is 1.77 bits per heavy atom. The first-order valence-electron chi connectivity index (χ1n) is 6.42. The maximum absolute atomic E-state index is 12.1. The summed E-state index contributed by atoms with van der Waals surface area (Å²) in [7, 11) is 1.32. The van der Waals surface area contributed by atoms with Crippen molar-refractivity contribution in [2.45, 2.75) is 6.42 Å². The average Bonchev–Trinajstić information content (AvgIpc) is 2.50. The molecule has 6 heteroatoms. The molecule has 0 atom stereocenters. The van der Waals surface area contributed by atoms with E-state index in [1.54, 1.807) is 18.2 Å². The lowest BCUT2D eigenvalue weighted by atomic mass is 10.1. The summed E-state index contributed by atoms with van der Waals surface area (Å²) < 4.78 is 6.24. The highest BCUT2D eigenvalue weighted by Crippen LogP contribution is 2.24. The normalized spacial score (nSPS) is 10.1. The quantitative estimate of drug-likeness (QED) is 0.746. The molecule has 0 heterocycles. The van der Waals surface area contributed by atoms with Gasteiger partial charge in [0.1, 0.15) is 0 Å². The molecule has 0 aliphatic rings. The SMILES string of the molecule is COC(=O)c1ccc(NC(=O)Cc2ccc(Br)cc2)c(Br)c1. The second kappa shape index (κ2) is 7.56. The van der Waals surface area contributed by atoms with Crippen molar-refractivity contribution in [1.29, 1.82) is 0 Å². The fourth-order valence-electron chi connectivity index (χ4n) is 1.84. The van der Waals surface area contributed by atoms with Crippen molar-refractivity contribution in [1.82, 2.24) is 0 Å². The van der Waals surface area contributed by atoms with Gasteiger partial charge >= 0.3 is 5.97 Å². The first-order valence-corrected chi connectivity index (χ1v) is 8.00. The number of rotatable bonds is 4. The minimum absolute atomic E-state index is 0.131. The number of carbonyl (C=O) groups is 2. The third kappa shape index (κ3) is 4.42. The number of hydrogen-bond donors (Lipinski definition) is 1. The predicted molar refractivity (Wildman–Crippen MR) is 92.0 cm³/mol. The number of hydrogen-bond acceptors (Lipinski definition) is 3. The zero-order valence-electron chi connectivity index (χ0n) is 11.7. The van der Waals surface area contributed by atoms with Crippen molar-refractivity contribution >= 4 is 49.4 Å². The van der Waals surface area contributed by atoms with Gasteiger partial charge in [-0.1, -0.05) is 28.1 Å². The summed E-state index contributed by atoms with van der Waals surface area (Å²) in [5.74, 6) is -0.553. The van der Waals surface area contributed by atoms with Crippen LogP contribution in [0.25, 0.3) is 0 Å². The summed E-state index contributed by atoms with van der Waals surface area (Å²) in [5.41, 5.74) is 1.94. The number of amides is 1. The van der Waals surface area contributed by atoms with Crippen LogP contribution in [0.3, 0.4) is 0 Å². The molecular weight excluding hydrogens is 414 g/mol. The van der Waals surface area contributed by atoms with Crippen LogP contribution in [0.1, 0.15) is 15.9 Å². The van der Waals surface area contributed by atoms with Crippen molar-refractivity contribution in [2.75, 3.05) is 12.4 Å². The summed E-state index contributed by atoms with van der Waals surface area (Å²) in [6.45, 7) is 0. The molecule has 2 aromatic carbocycles. The molecule has 0 fully saturated rings. The van der Waals surface area contributed by atoms with Gasteiger partial charge in [-0.05, 0) is 51.8 Å². The minimum atomic E-state index is -0.423. The molecule has 114 valence electrons. The summed E-state index contributed by atoms with van der Waals surface area (Å²) in [4.78, 5) is 23.5. The number of esters is 1. The van der Waals surface area contributed by atoms with Gasteiger partial charge in [-0.2, -0.15) is 0 Å². The molecular formula is C16H13Br2NO3. The zero-order valence-corrected chi connectivity index (χ0v) is 14.9. The molecule has 22 heavy (non-hydrogen) atoms. The molecule has 0 spiro atoms. The molecule has 0 aliphatic carbocycles. The van der Waals surface area contributed by atoms with Gasteiger partial charge < -0.3 is 10.1 Å². The van der Waals surface area contributed by atoms with Crippen LogP contribution < -0.4 is 5.32 Å². The van der Waals surface area contributed by atoms with E-state index in [2.05, 4.69) is 41.9 Å².